The van der Waals surface area contributed by atoms with Gasteiger partial charge in [0.2, 0.25) is 0 Å². The summed E-state index contributed by atoms with van der Waals surface area (Å²) in [6.45, 7) is 4.76. The molecule has 0 aliphatic heterocycles. The third kappa shape index (κ3) is 11.6. The lowest BCUT2D eigenvalue weighted by Crippen LogP contribution is -2.09. The predicted octanol–water partition coefficient (Wildman–Crippen LogP) is 3.73. The average Bonchev–Trinajstić information content (AvgIpc) is 2.26. The van der Waals surface area contributed by atoms with Crippen molar-refractivity contribution >= 4 is 6.29 Å². The lowest BCUT2D eigenvalue weighted by atomic mass is 10.1. The molecule has 0 radical (unpaired) electrons. The van der Waals surface area contributed by atoms with Gasteiger partial charge in [-0.1, -0.05) is 51.9 Å². The summed E-state index contributed by atoms with van der Waals surface area (Å²) in [5.74, 6) is 0. The van der Waals surface area contributed by atoms with Crippen molar-refractivity contribution in [2.24, 2.45) is 0 Å². The maximum Gasteiger partial charge on any atom is 0.148 e. The van der Waals surface area contributed by atoms with Gasteiger partial charge in [-0.3, -0.25) is 0 Å². The fourth-order valence-electron chi connectivity index (χ4n) is 1.54. The molecule has 0 aromatic carbocycles. The molecule has 0 aliphatic rings. The van der Waals surface area contributed by atoms with E-state index in [1.54, 1.807) is 6.92 Å². The molecule has 1 atom stereocenters. The van der Waals surface area contributed by atoms with Crippen LogP contribution >= 0.6 is 0 Å². The van der Waals surface area contributed by atoms with Crippen LogP contribution in [0.3, 0.4) is 0 Å². The summed E-state index contributed by atoms with van der Waals surface area (Å²) >= 11 is 0. The normalized spacial score (nSPS) is 12.7. The van der Waals surface area contributed by atoms with Crippen LogP contribution in [-0.2, 0) is 9.53 Å². The van der Waals surface area contributed by atoms with Gasteiger partial charge in [-0.15, -0.1) is 0 Å². The highest BCUT2D eigenvalue weighted by Crippen LogP contribution is 2.08. The topological polar surface area (TPSA) is 26.3 Å². The Morgan fingerprint density at radius 2 is 1.53 bits per heavy atom. The van der Waals surface area contributed by atoms with Crippen LogP contribution in [0.25, 0.3) is 0 Å². The van der Waals surface area contributed by atoms with Gasteiger partial charge in [0, 0.05) is 6.61 Å². The van der Waals surface area contributed by atoms with Crippen molar-refractivity contribution in [3.8, 4) is 0 Å². The van der Waals surface area contributed by atoms with Gasteiger partial charge in [0.25, 0.3) is 0 Å². The predicted molar refractivity (Wildman–Crippen MR) is 64.1 cm³/mol. The monoisotopic (exact) mass is 214 g/mol. The molecule has 1 unspecified atom stereocenters. The van der Waals surface area contributed by atoms with Crippen LogP contribution in [0.1, 0.15) is 65.2 Å². The minimum atomic E-state index is -0.227. The largest absolute Gasteiger partial charge is 0.371 e. The molecule has 0 amide bonds. The molecular formula is C13H26O2. The maximum absolute atomic E-state index is 10.2. The third-order valence-electron chi connectivity index (χ3n) is 2.57. The van der Waals surface area contributed by atoms with Gasteiger partial charge < -0.3 is 9.53 Å². The van der Waals surface area contributed by atoms with E-state index in [-0.39, 0.29) is 6.10 Å². The van der Waals surface area contributed by atoms with Crippen LogP contribution < -0.4 is 0 Å². The van der Waals surface area contributed by atoms with Crippen molar-refractivity contribution in [1.29, 1.82) is 0 Å². The quantitative estimate of drug-likeness (QED) is 0.387. The number of hydrogen-bond donors (Lipinski definition) is 0. The Kier molecular flexibility index (Phi) is 11.4. The molecule has 0 saturated carbocycles. The van der Waals surface area contributed by atoms with E-state index in [1.807, 2.05) is 0 Å². The van der Waals surface area contributed by atoms with Gasteiger partial charge in [0.15, 0.2) is 0 Å². The number of hydrogen-bond acceptors (Lipinski definition) is 2. The standard InChI is InChI=1S/C13H26O2/c1-3-4-5-6-7-8-9-10-11-15-13(2)12-14/h12-13H,3-11H2,1-2H3. The molecule has 0 fully saturated rings. The van der Waals surface area contributed by atoms with E-state index in [1.165, 1.54) is 44.9 Å². The first-order valence-electron chi connectivity index (χ1n) is 6.38. The van der Waals surface area contributed by atoms with E-state index in [0.29, 0.717) is 0 Å². The van der Waals surface area contributed by atoms with E-state index in [4.69, 9.17) is 4.74 Å². The number of ether oxygens (including phenoxy) is 1. The van der Waals surface area contributed by atoms with Crippen LogP contribution in [0.2, 0.25) is 0 Å². The Morgan fingerprint density at radius 3 is 2.07 bits per heavy atom. The van der Waals surface area contributed by atoms with E-state index in [2.05, 4.69) is 6.92 Å². The molecule has 0 bridgehead atoms. The van der Waals surface area contributed by atoms with Gasteiger partial charge in [-0.05, 0) is 13.3 Å². The summed E-state index contributed by atoms with van der Waals surface area (Å²) < 4.78 is 5.27. The summed E-state index contributed by atoms with van der Waals surface area (Å²) in [4.78, 5) is 10.2. The molecule has 0 aromatic rings. The second-order valence-corrected chi connectivity index (χ2v) is 4.19. The highest BCUT2D eigenvalue weighted by Gasteiger charge is 1.97. The zero-order valence-electron chi connectivity index (χ0n) is 10.3. The van der Waals surface area contributed by atoms with Gasteiger partial charge in [-0.2, -0.15) is 0 Å². The molecule has 0 aromatic heterocycles. The average molecular weight is 214 g/mol. The lowest BCUT2D eigenvalue weighted by molar-refractivity contribution is -0.117. The number of aldehydes is 1. The van der Waals surface area contributed by atoms with Crippen LogP contribution in [-0.4, -0.2) is 19.0 Å². The van der Waals surface area contributed by atoms with Crippen molar-refractivity contribution in [2.75, 3.05) is 6.61 Å². The SMILES string of the molecule is CCCCCCCCCCOC(C)C=O. The molecule has 2 nitrogen and oxygen atoms in total. The van der Waals surface area contributed by atoms with Crippen molar-refractivity contribution in [1.82, 2.24) is 0 Å². The Labute approximate surface area is 94.4 Å². The summed E-state index contributed by atoms with van der Waals surface area (Å²) in [6, 6.07) is 0. The Morgan fingerprint density at radius 1 is 1.00 bits per heavy atom. The Hall–Kier alpha value is -0.370. The molecule has 0 rings (SSSR count). The molecule has 2 heteroatoms. The highest BCUT2D eigenvalue weighted by atomic mass is 16.5. The van der Waals surface area contributed by atoms with Crippen LogP contribution in [0, 0.1) is 0 Å². The molecular weight excluding hydrogens is 188 g/mol. The maximum atomic E-state index is 10.2. The molecule has 15 heavy (non-hydrogen) atoms. The van der Waals surface area contributed by atoms with E-state index in [0.717, 1.165) is 19.3 Å². The van der Waals surface area contributed by atoms with E-state index < -0.39 is 0 Å². The van der Waals surface area contributed by atoms with Crippen molar-refractivity contribution in [3.05, 3.63) is 0 Å². The number of carbonyl (C=O) groups is 1. The third-order valence-corrected chi connectivity index (χ3v) is 2.57. The van der Waals surface area contributed by atoms with Crippen molar-refractivity contribution in [2.45, 2.75) is 71.3 Å². The molecule has 0 heterocycles. The van der Waals surface area contributed by atoms with E-state index in [9.17, 15) is 4.79 Å². The summed E-state index contributed by atoms with van der Waals surface area (Å²) in [5, 5.41) is 0. The van der Waals surface area contributed by atoms with E-state index >= 15 is 0 Å². The van der Waals surface area contributed by atoms with Gasteiger partial charge in [-0.25, -0.2) is 0 Å². The fraction of sp³-hybridized carbons (Fsp3) is 0.923. The summed E-state index contributed by atoms with van der Waals surface area (Å²) in [6.07, 6.45) is 11.1. The summed E-state index contributed by atoms with van der Waals surface area (Å²) in [5.41, 5.74) is 0. The van der Waals surface area contributed by atoms with Gasteiger partial charge >= 0.3 is 0 Å². The zero-order valence-corrected chi connectivity index (χ0v) is 10.3. The zero-order chi connectivity index (χ0) is 11.4. The first kappa shape index (κ1) is 14.6. The van der Waals surface area contributed by atoms with Gasteiger partial charge in [0.1, 0.15) is 12.4 Å². The molecule has 0 N–H and O–H groups in total. The molecule has 0 spiro atoms. The second kappa shape index (κ2) is 11.7. The van der Waals surface area contributed by atoms with Crippen LogP contribution in [0.15, 0.2) is 0 Å². The minimum absolute atomic E-state index is 0.227. The van der Waals surface area contributed by atoms with Gasteiger partial charge in [0.05, 0.1) is 0 Å². The highest BCUT2D eigenvalue weighted by molar-refractivity contribution is 5.54. The Bertz CT molecular complexity index is 134. The minimum Gasteiger partial charge on any atom is -0.371 e. The fourth-order valence-corrected chi connectivity index (χ4v) is 1.54. The smallest absolute Gasteiger partial charge is 0.148 e. The van der Waals surface area contributed by atoms with Crippen LogP contribution in [0.5, 0.6) is 0 Å². The van der Waals surface area contributed by atoms with Crippen molar-refractivity contribution in [3.63, 3.8) is 0 Å². The lowest BCUT2D eigenvalue weighted by Gasteiger charge is -2.05. The first-order valence-corrected chi connectivity index (χ1v) is 6.38. The first-order chi connectivity index (χ1) is 7.31. The summed E-state index contributed by atoms with van der Waals surface area (Å²) in [7, 11) is 0. The molecule has 90 valence electrons. The van der Waals surface area contributed by atoms with Crippen LogP contribution in [0.4, 0.5) is 0 Å². The Balaban J connectivity index is 2.95. The molecule has 0 aliphatic carbocycles. The number of carbonyl (C=O) groups excluding carboxylic acids is 1. The van der Waals surface area contributed by atoms with Crippen molar-refractivity contribution < 1.29 is 9.53 Å². The number of rotatable bonds is 11. The number of unbranched alkanes of at least 4 members (excludes halogenated alkanes) is 7. The molecule has 0 saturated heterocycles. The second-order valence-electron chi connectivity index (χ2n) is 4.19.